The highest BCUT2D eigenvalue weighted by Crippen LogP contribution is 2.32. The molecule has 3 heterocycles. The highest BCUT2D eigenvalue weighted by atomic mass is 19.4. The van der Waals surface area contributed by atoms with E-state index in [1.807, 2.05) is 13.0 Å². The molecule has 166 valence electrons. The fraction of sp³-hybridized carbons (Fsp3) is 0.348. The van der Waals surface area contributed by atoms with Gasteiger partial charge in [-0.25, -0.2) is 4.98 Å². The molecule has 32 heavy (non-hydrogen) atoms. The molecule has 1 fully saturated rings. The van der Waals surface area contributed by atoms with Crippen molar-refractivity contribution in [2.45, 2.75) is 25.6 Å². The second-order valence-corrected chi connectivity index (χ2v) is 7.99. The van der Waals surface area contributed by atoms with E-state index < -0.39 is 11.7 Å². The van der Waals surface area contributed by atoms with Crippen LogP contribution < -0.4 is 15.2 Å². The number of pyridine rings is 2. The molecule has 9 heteroatoms. The van der Waals surface area contributed by atoms with Crippen LogP contribution in [0.4, 0.5) is 18.9 Å². The van der Waals surface area contributed by atoms with Crippen molar-refractivity contribution >= 4 is 16.7 Å². The quantitative estimate of drug-likeness (QED) is 0.610. The van der Waals surface area contributed by atoms with Gasteiger partial charge in [0.1, 0.15) is 29.1 Å². The zero-order valence-electron chi connectivity index (χ0n) is 17.6. The predicted octanol–water partition coefficient (Wildman–Crippen LogP) is 4.12. The predicted molar refractivity (Wildman–Crippen MR) is 114 cm³/mol. The van der Waals surface area contributed by atoms with Gasteiger partial charge in [-0.05, 0) is 36.4 Å². The zero-order chi connectivity index (χ0) is 23.0. The Morgan fingerprint density at radius 3 is 2.53 bits per heavy atom. The van der Waals surface area contributed by atoms with Crippen LogP contribution in [0, 0.1) is 17.2 Å². The summed E-state index contributed by atoms with van der Waals surface area (Å²) in [7, 11) is 1.66. The van der Waals surface area contributed by atoms with Crippen molar-refractivity contribution in [3.63, 3.8) is 0 Å². The van der Waals surface area contributed by atoms with Gasteiger partial charge in [0, 0.05) is 38.5 Å². The molecule has 1 saturated heterocycles. The van der Waals surface area contributed by atoms with E-state index in [4.69, 9.17) is 4.74 Å². The first-order valence-corrected chi connectivity index (χ1v) is 10.2. The van der Waals surface area contributed by atoms with Gasteiger partial charge in [0.15, 0.2) is 0 Å². The van der Waals surface area contributed by atoms with Crippen molar-refractivity contribution in [2.24, 2.45) is 13.0 Å². The van der Waals surface area contributed by atoms with Crippen LogP contribution in [0.15, 0.2) is 47.3 Å². The smallest absolute Gasteiger partial charge is 0.416 e. The summed E-state index contributed by atoms with van der Waals surface area (Å²) in [6, 6.07) is 11.6. The minimum Gasteiger partial charge on any atom is -0.490 e. The molecular weight excluding hydrogens is 421 g/mol. The molecule has 1 aliphatic heterocycles. The SMILES string of the molecule is C[C@H]1CN(c2cc(=O)n(C)c3ccc(C#N)nc23)CC[C@H]1Oc1ccc(C(F)(F)F)cc1. The molecule has 0 amide bonds. The second kappa shape index (κ2) is 8.19. The molecule has 6 nitrogen and oxygen atoms in total. The number of halogens is 3. The summed E-state index contributed by atoms with van der Waals surface area (Å²) >= 11 is 0. The highest BCUT2D eigenvalue weighted by molar-refractivity contribution is 5.88. The van der Waals surface area contributed by atoms with Gasteiger partial charge in [0.25, 0.3) is 5.56 Å². The topological polar surface area (TPSA) is 71.2 Å². The van der Waals surface area contributed by atoms with E-state index in [9.17, 15) is 23.2 Å². The summed E-state index contributed by atoms with van der Waals surface area (Å²) in [5, 5.41) is 9.23. The lowest BCUT2D eigenvalue weighted by molar-refractivity contribution is -0.137. The van der Waals surface area contributed by atoms with E-state index in [0.29, 0.717) is 42.0 Å². The third kappa shape index (κ3) is 4.13. The lowest BCUT2D eigenvalue weighted by Gasteiger charge is -2.38. The van der Waals surface area contributed by atoms with Crippen LogP contribution in [0.1, 0.15) is 24.6 Å². The Labute approximate surface area is 182 Å². The number of fused-ring (bicyclic) bond motifs is 1. The van der Waals surface area contributed by atoms with Crippen molar-refractivity contribution in [2.75, 3.05) is 18.0 Å². The number of benzene rings is 1. The number of anilines is 1. The molecule has 2 atom stereocenters. The summed E-state index contributed by atoms with van der Waals surface area (Å²) in [5.41, 5.74) is 1.28. The van der Waals surface area contributed by atoms with Crippen LogP contribution in [0.25, 0.3) is 11.0 Å². The minimum atomic E-state index is -4.38. The number of alkyl halides is 3. The summed E-state index contributed by atoms with van der Waals surface area (Å²) in [6.45, 7) is 3.15. The van der Waals surface area contributed by atoms with Gasteiger partial charge >= 0.3 is 6.18 Å². The summed E-state index contributed by atoms with van der Waals surface area (Å²) in [4.78, 5) is 19.0. The summed E-state index contributed by atoms with van der Waals surface area (Å²) < 4.78 is 45.8. The van der Waals surface area contributed by atoms with Crippen LogP contribution in [0.5, 0.6) is 5.75 Å². The molecule has 0 bridgehead atoms. The monoisotopic (exact) mass is 442 g/mol. The van der Waals surface area contributed by atoms with Gasteiger partial charge in [-0.15, -0.1) is 0 Å². The van der Waals surface area contributed by atoms with Crippen molar-refractivity contribution in [1.29, 1.82) is 5.26 Å². The van der Waals surface area contributed by atoms with Crippen LogP contribution in [0.2, 0.25) is 0 Å². The number of nitrogens with zero attached hydrogens (tertiary/aromatic N) is 4. The molecule has 0 saturated carbocycles. The number of hydrogen-bond donors (Lipinski definition) is 0. The van der Waals surface area contributed by atoms with E-state index in [1.54, 1.807) is 19.2 Å². The molecule has 0 aliphatic carbocycles. The third-order valence-corrected chi connectivity index (χ3v) is 5.82. The average molecular weight is 442 g/mol. The van der Waals surface area contributed by atoms with Gasteiger partial charge in [-0.3, -0.25) is 4.79 Å². The molecule has 4 rings (SSSR count). The zero-order valence-corrected chi connectivity index (χ0v) is 17.6. The third-order valence-electron chi connectivity index (χ3n) is 5.82. The number of piperidine rings is 1. The van der Waals surface area contributed by atoms with Gasteiger partial charge in [0.2, 0.25) is 0 Å². The Kier molecular flexibility index (Phi) is 5.55. The number of aromatic nitrogens is 2. The molecule has 0 radical (unpaired) electrons. The van der Waals surface area contributed by atoms with Crippen molar-refractivity contribution in [1.82, 2.24) is 9.55 Å². The number of hydrogen-bond acceptors (Lipinski definition) is 5. The Hall–Kier alpha value is -3.54. The van der Waals surface area contributed by atoms with E-state index in [2.05, 4.69) is 9.88 Å². The largest absolute Gasteiger partial charge is 0.490 e. The average Bonchev–Trinajstić information content (AvgIpc) is 2.77. The van der Waals surface area contributed by atoms with Crippen LogP contribution in [-0.4, -0.2) is 28.7 Å². The van der Waals surface area contributed by atoms with E-state index >= 15 is 0 Å². The number of nitriles is 1. The maximum absolute atomic E-state index is 12.8. The fourth-order valence-corrected chi connectivity index (χ4v) is 4.03. The van der Waals surface area contributed by atoms with E-state index in [1.165, 1.54) is 22.8 Å². The standard InChI is InChI=1S/C23H21F3N4O2/c1-14-13-30(10-9-20(14)32-17-6-3-15(4-7-17)23(24,25)26)19-11-21(31)29(2)18-8-5-16(12-27)28-22(18)19/h3-8,11,14,20H,9-10,13H2,1-2H3/t14-,20+/m0/s1. The molecule has 3 aromatic rings. The fourth-order valence-electron chi connectivity index (χ4n) is 4.03. The molecule has 1 aromatic carbocycles. The number of ether oxygens (including phenoxy) is 1. The molecule has 0 N–H and O–H groups in total. The second-order valence-electron chi connectivity index (χ2n) is 7.99. The van der Waals surface area contributed by atoms with Crippen LogP contribution in [-0.2, 0) is 13.2 Å². The lowest BCUT2D eigenvalue weighted by atomic mass is 9.95. The molecular formula is C23H21F3N4O2. The lowest BCUT2D eigenvalue weighted by Crippen LogP contribution is -2.45. The minimum absolute atomic E-state index is 0.0456. The van der Waals surface area contributed by atoms with Gasteiger partial charge < -0.3 is 14.2 Å². The van der Waals surface area contributed by atoms with E-state index in [-0.39, 0.29) is 23.3 Å². The van der Waals surface area contributed by atoms with Crippen LogP contribution >= 0.6 is 0 Å². The van der Waals surface area contributed by atoms with Crippen molar-refractivity contribution < 1.29 is 17.9 Å². The maximum atomic E-state index is 12.8. The first-order valence-electron chi connectivity index (χ1n) is 10.2. The van der Waals surface area contributed by atoms with Crippen LogP contribution in [0.3, 0.4) is 0 Å². The number of rotatable bonds is 3. The Morgan fingerprint density at radius 1 is 1.19 bits per heavy atom. The first kappa shape index (κ1) is 21.7. The Bertz CT molecular complexity index is 1250. The normalized spacial score (nSPS) is 19.1. The van der Waals surface area contributed by atoms with E-state index in [0.717, 1.165) is 12.1 Å². The molecule has 0 unspecified atom stereocenters. The highest BCUT2D eigenvalue weighted by Gasteiger charge is 2.31. The Balaban J connectivity index is 1.55. The number of aryl methyl sites for hydroxylation is 1. The van der Waals surface area contributed by atoms with Crippen molar-refractivity contribution in [3.8, 4) is 11.8 Å². The van der Waals surface area contributed by atoms with Gasteiger partial charge in [-0.1, -0.05) is 6.92 Å². The molecule has 1 aliphatic rings. The van der Waals surface area contributed by atoms with Gasteiger partial charge in [-0.2, -0.15) is 18.4 Å². The molecule has 0 spiro atoms. The molecule has 2 aromatic heterocycles. The Morgan fingerprint density at radius 2 is 1.91 bits per heavy atom. The van der Waals surface area contributed by atoms with Gasteiger partial charge in [0.05, 0.1) is 16.8 Å². The maximum Gasteiger partial charge on any atom is 0.416 e. The summed E-state index contributed by atoms with van der Waals surface area (Å²) in [5.74, 6) is 0.437. The van der Waals surface area contributed by atoms with Crippen molar-refractivity contribution in [3.05, 3.63) is 64.1 Å². The summed E-state index contributed by atoms with van der Waals surface area (Å²) in [6.07, 6.45) is -3.94. The first-order chi connectivity index (χ1) is 15.2.